The molecule has 1 saturated heterocycles. The number of ether oxygens (including phenoxy) is 1. The van der Waals surface area contributed by atoms with Gasteiger partial charge in [0.05, 0.1) is 0 Å². The molecule has 0 aromatic heterocycles. The molecule has 0 bridgehead atoms. The highest BCUT2D eigenvalue weighted by Crippen LogP contribution is 2.15. The van der Waals surface area contributed by atoms with E-state index in [0.717, 1.165) is 19.3 Å². The summed E-state index contributed by atoms with van der Waals surface area (Å²) >= 11 is 5.65. The molecule has 1 heterocycles. The molecule has 0 spiro atoms. The Hall–Kier alpha value is -0.280. The second-order valence-electron chi connectivity index (χ2n) is 4.31. The van der Waals surface area contributed by atoms with Crippen LogP contribution in [0.1, 0.15) is 33.1 Å². The Labute approximate surface area is 90.1 Å². The molecule has 1 unspecified atom stereocenters. The van der Waals surface area contributed by atoms with Crippen molar-refractivity contribution in [1.82, 2.24) is 5.32 Å². The first-order valence-electron chi connectivity index (χ1n) is 5.05. The molecular weight excluding hydrogens is 202 g/mol. The van der Waals surface area contributed by atoms with Crippen molar-refractivity contribution in [3.05, 3.63) is 0 Å². The van der Waals surface area contributed by atoms with E-state index in [1.165, 1.54) is 0 Å². The Kier molecular flexibility index (Phi) is 4.20. The van der Waals surface area contributed by atoms with Crippen molar-refractivity contribution >= 4 is 17.5 Å². The van der Waals surface area contributed by atoms with Gasteiger partial charge < -0.3 is 10.1 Å². The van der Waals surface area contributed by atoms with Crippen LogP contribution in [0.3, 0.4) is 0 Å². The number of carbonyl (C=O) groups is 1. The lowest BCUT2D eigenvalue weighted by Gasteiger charge is -2.26. The van der Waals surface area contributed by atoms with E-state index in [1.54, 1.807) is 0 Å². The Morgan fingerprint density at radius 3 is 2.86 bits per heavy atom. The molecule has 82 valence electrons. The summed E-state index contributed by atoms with van der Waals surface area (Å²) in [7, 11) is 0. The molecule has 1 N–H and O–H groups in total. The largest absolute Gasteiger partial charge is 0.368 e. The van der Waals surface area contributed by atoms with Crippen LogP contribution in [0, 0.1) is 0 Å². The van der Waals surface area contributed by atoms with Crippen LogP contribution in [0.15, 0.2) is 0 Å². The highest BCUT2D eigenvalue weighted by molar-refractivity contribution is 6.17. The van der Waals surface area contributed by atoms with Crippen molar-refractivity contribution in [2.75, 3.05) is 12.5 Å². The van der Waals surface area contributed by atoms with Gasteiger partial charge in [0.1, 0.15) is 6.10 Å². The predicted molar refractivity (Wildman–Crippen MR) is 56.5 cm³/mol. The fourth-order valence-electron chi connectivity index (χ4n) is 1.50. The maximum Gasteiger partial charge on any atom is 0.249 e. The summed E-state index contributed by atoms with van der Waals surface area (Å²) in [5, 5.41) is 2.95. The van der Waals surface area contributed by atoms with Gasteiger partial charge in [-0.15, -0.1) is 11.6 Å². The zero-order valence-corrected chi connectivity index (χ0v) is 9.56. The van der Waals surface area contributed by atoms with Gasteiger partial charge in [-0.3, -0.25) is 4.79 Å². The maximum atomic E-state index is 11.7. The lowest BCUT2D eigenvalue weighted by molar-refractivity contribution is -0.131. The van der Waals surface area contributed by atoms with Gasteiger partial charge in [0, 0.05) is 18.0 Å². The number of alkyl halides is 1. The molecule has 0 radical (unpaired) electrons. The standard InChI is InChI=1S/C10H18ClNO2/c1-10(2,5-6-11)12-9(13)8-4-3-7-14-8/h8H,3-7H2,1-2H3,(H,12,13). The van der Waals surface area contributed by atoms with Crippen molar-refractivity contribution in [3.63, 3.8) is 0 Å². The third-order valence-electron chi connectivity index (χ3n) is 2.40. The molecule has 0 aliphatic carbocycles. The molecule has 0 aromatic rings. The molecule has 1 rings (SSSR count). The molecular formula is C10H18ClNO2. The minimum absolute atomic E-state index is 0.00221. The van der Waals surface area contributed by atoms with Gasteiger partial charge in [-0.05, 0) is 33.1 Å². The van der Waals surface area contributed by atoms with E-state index in [2.05, 4.69) is 5.32 Å². The second kappa shape index (κ2) is 4.99. The first kappa shape index (κ1) is 11.8. The van der Waals surface area contributed by atoms with Crippen molar-refractivity contribution < 1.29 is 9.53 Å². The number of rotatable bonds is 4. The number of halogens is 1. The molecule has 1 amide bonds. The zero-order chi connectivity index (χ0) is 10.6. The Morgan fingerprint density at radius 1 is 1.64 bits per heavy atom. The summed E-state index contributed by atoms with van der Waals surface area (Å²) in [6, 6.07) is 0. The number of hydrogen-bond acceptors (Lipinski definition) is 2. The summed E-state index contributed by atoms with van der Waals surface area (Å²) in [6.07, 6.45) is 2.34. The molecule has 1 atom stereocenters. The lowest BCUT2D eigenvalue weighted by Crippen LogP contribution is -2.47. The van der Waals surface area contributed by atoms with E-state index in [-0.39, 0.29) is 17.6 Å². The van der Waals surface area contributed by atoms with E-state index in [4.69, 9.17) is 16.3 Å². The van der Waals surface area contributed by atoms with E-state index < -0.39 is 0 Å². The third kappa shape index (κ3) is 3.46. The summed E-state index contributed by atoms with van der Waals surface area (Å²) in [5.74, 6) is 0.552. The van der Waals surface area contributed by atoms with E-state index in [1.807, 2.05) is 13.8 Å². The molecule has 1 fully saturated rings. The quantitative estimate of drug-likeness (QED) is 0.731. The van der Waals surface area contributed by atoms with Gasteiger partial charge in [0.2, 0.25) is 5.91 Å². The highest BCUT2D eigenvalue weighted by atomic mass is 35.5. The normalized spacial score (nSPS) is 22.4. The van der Waals surface area contributed by atoms with Crippen LogP contribution in [0.4, 0.5) is 0 Å². The third-order valence-corrected chi connectivity index (χ3v) is 2.59. The van der Waals surface area contributed by atoms with E-state index in [0.29, 0.717) is 12.5 Å². The van der Waals surface area contributed by atoms with Crippen LogP contribution in [0.2, 0.25) is 0 Å². The fourth-order valence-corrected chi connectivity index (χ4v) is 1.97. The summed E-state index contributed by atoms with van der Waals surface area (Å²) in [5.41, 5.74) is -0.231. The van der Waals surface area contributed by atoms with Gasteiger partial charge in [-0.2, -0.15) is 0 Å². The average Bonchev–Trinajstić information content (AvgIpc) is 2.53. The summed E-state index contributed by atoms with van der Waals surface area (Å²) < 4.78 is 5.29. The lowest BCUT2D eigenvalue weighted by atomic mass is 10.0. The van der Waals surface area contributed by atoms with Crippen LogP contribution in [-0.2, 0) is 9.53 Å². The molecule has 3 nitrogen and oxygen atoms in total. The zero-order valence-electron chi connectivity index (χ0n) is 8.81. The topological polar surface area (TPSA) is 38.3 Å². The average molecular weight is 220 g/mol. The SMILES string of the molecule is CC(C)(CCCl)NC(=O)C1CCCO1. The smallest absolute Gasteiger partial charge is 0.249 e. The van der Waals surface area contributed by atoms with Crippen molar-refractivity contribution in [1.29, 1.82) is 0 Å². The Bertz CT molecular complexity index is 200. The predicted octanol–water partition coefficient (Wildman–Crippen LogP) is 1.69. The Morgan fingerprint density at radius 2 is 2.36 bits per heavy atom. The highest BCUT2D eigenvalue weighted by Gasteiger charge is 2.28. The summed E-state index contributed by atoms with van der Waals surface area (Å²) in [6.45, 7) is 4.65. The first-order chi connectivity index (χ1) is 6.55. The number of carbonyl (C=O) groups excluding carboxylic acids is 1. The molecule has 4 heteroatoms. The van der Waals surface area contributed by atoms with Gasteiger partial charge >= 0.3 is 0 Å². The first-order valence-corrected chi connectivity index (χ1v) is 5.58. The molecule has 1 aliphatic heterocycles. The Balaban J connectivity index is 2.38. The van der Waals surface area contributed by atoms with Crippen LogP contribution >= 0.6 is 11.6 Å². The molecule has 1 aliphatic rings. The molecule has 0 aromatic carbocycles. The number of hydrogen-bond donors (Lipinski definition) is 1. The van der Waals surface area contributed by atoms with Crippen LogP contribution < -0.4 is 5.32 Å². The van der Waals surface area contributed by atoms with Gasteiger partial charge in [0.15, 0.2) is 0 Å². The van der Waals surface area contributed by atoms with Crippen molar-refractivity contribution in [2.45, 2.75) is 44.8 Å². The van der Waals surface area contributed by atoms with Gasteiger partial charge in [-0.25, -0.2) is 0 Å². The van der Waals surface area contributed by atoms with Crippen molar-refractivity contribution in [2.24, 2.45) is 0 Å². The maximum absolute atomic E-state index is 11.7. The van der Waals surface area contributed by atoms with E-state index in [9.17, 15) is 4.79 Å². The van der Waals surface area contributed by atoms with Gasteiger partial charge in [-0.1, -0.05) is 0 Å². The second-order valence-corrected chi connectivity index (χ2v) is 4.69. The number of nitrogens with one attached hydrogen (secondary N) is 1. The molecule has 0 saturated carbocycles. The fraction of sp³-hybridized carbons (Fsp3) is 0.900. The van der Waals surface area contributed by atoms with Gasteiger partial charge in [0.25, 0.3) is 0 Å². The van der Waals surface area contributed by atoms with Crippen LogP contribution in [-0.4, -0.2) is 30.0 Å². The minimum atomic E-state index is -0.246. The van der Waals surface area contributed by atoms with Crippen LogP contribution in [0.5, 0.6) is 0 Å². The number of amides is 1. The molecule has 14 heavy (non-hydrogen) atoms. The van der Waals surface area contributed by atoms with Crippen molar-refractivity contribution in [3.8, 4) is 0 Å². The minimum Gasteiger partial charge on any atom is -0.368 e. The monoisotopic (exact) mass is 219 g/mol. The van der Waals surface area contributed by atoms with E-state index >= 15 is 0 Å². The van der Waals surface area contributed by atoms with Crippen LogP contribution in [0.25, 0.3) is 0 Å². The summed E-state index contributed by atoms with van der Waals surface area (Å²) in [4.78, 5) is 11.7.